The molecule has 0 aliphatic heterocycles. The van der Waals surface area contributed by atoms with Gasteiger partial charge in [0.2, 0.25) is 0 Å². The fraction of sp³-hybridized carbons (Fsp3) is 0.450. The molecule has 23 heavy (non-hydrogen) atoms. The quantitative estimate of drug-likeness (QED) is 0.668. The van der Waals surface area contributed by atoms with Crippen LogP contribution in [0.1, 0.15) is 51.8 Å². The Labute approximate surface area is 143 Å². The first-order valence-electron chi connectivity index (χ1n) is 8.10. The highest BCUT2D eigenvalue weighted by Gasteiger charge is 2.42. The highest BCUT2D eigenvalue weighted by atomic mass is 35.5. The lowest BCUT2D eigenvalue weighted by Gasteiger charge is -2.22. The molecule has 3 heteroatoms. The number of benzene rings is 1. The van der Waals surface area contributed by atoms with Gasteiger partial charge >= 0.3 is 0 Å². The van der Waals surface area contributed by atoms with E-state index in [1.807, 2.05) is 6.07 Å². The van der Waals surface area contributed by atoms with Gasteiger partial charge in [0.05, 0.1) is 12.8 Å². The predicted octanol–water partition coefficient (Wildman–Crippen LogP) is 5.76. The van der Waals surface area contributed by atoms with E-state index < -0.39 is 0 Å². The van der Waals surface area contributed by atoms with Crippen molar-refractivity contribution in [3.05, 3.63) is 46.7 Å². The van der Waals surface area contributed by atoms with Crippen molar-refractivity contribution in [2.75, 3.05) is 7.11 Å². The molecule has 2 aromatic rings. The van der Waals surface area contributed by atoms with Crippen molar-refractivity contribution in [2.45, 2.75) is 51.4 Å². The second-order valence-corrected chi connectivity index (χ2v) is 8.14. The van der Waals surface area contributed by atoms with Gasteiger partial charge in [0.1, 0.15) is 10.9 Å². The van der Waals surface area contributed by atoms with Crippen molar-refractivity contribution in [1.82, 2.24) is 4.98 Å². The fourth-order valence-electron chi connectivity index (χ4n) is 2.92. The molecule has 0 atom stereocenters. The SMILES string of the molecule is COc1ccc(C(C)(C)C)cc1-c1ccc(Cl)nc1C1(C)CC1. The number of rotatable bonds is 3. The van der Waals surface area contributed by atoms with E-state index in [-0.39, 0.29) is 10.8 Å². The summed E-state index contributed by atoms with van der Waals surface area (Å²) in [5, 5.41) is 0.558. The molecule has 1 aliphatic carbocycles. The molecule has 0 spiro atoms. The maximum Gasteiger partial charge on any atom is 0.129 e. The Hall–Kier alpha value is -1.54. The first-order valence-corrected chi connectivity index (χ1v) is 8.48. The first kappa shape index (κ1) is 16.3. The average Bonchev–Trinajstić information content (AvgIpc) is 3.25. The summed E-state index contributed by atoms with van der Waals surface area (Å²) in [6, 6.07) is 10.4. The molecule has 1 heterocycles. The Morgan fingerprint density at radius 2 is 1.78 bits per heavy atom. The molecule has 1 aliphatic rings. The van der Waals surface area contributed by atoms with Crippen LogP contribution in [0.2, 0.25) is 5.15 Å². The lowest BCUT2D eigenvalue weighted by Crippen LogP contribution is -2.12. The van der Waals surface area contributed by atoms with Crippen LogP contribution in [-0.2, 0) is 10.8 Å². The van der Waals surface area contributed by atoms with Crippen molar-refractivity contribution in [3.8, 4) is 16.9 Å². The zero-order valence-corrected chi connectivity index (χ0v) is 15.3. The molecule has 3 rings (SSSR count). The zero-order valence-electron chi connectivity index (χ0n) is 14.5. The molecule has 2 nitrogen and oxygen atoms in total. The van der Waals surface area contributed by atoms with Crippen molar-refractivity contribution in [1.29, 1.82) is 0 Å². The number of methoxy groups -OCH3 is 1. The van der Waals surface area contributed by atoms with Crippen molar-refractivity contribution >= 4 is 11.6 Å². The number of hydrogen-bond donors (Lipinski definition) is 0. The second kappa shape index (κ2) is 5.52. The molecule has 0 bridgehead atoms. The summed E-state index contributed by atoms with van der Waals surface area (Å²) in [5.41, 5.74) is 4.85. The fourth-order valence-corrected chi connectivity index (χ4v) is 3.07. The van der Waals surface area contributed by atoms with Crippen molar-refractivity contribution in [2.24, 2.45) is 0 Å². The largest absolute Gasteiger partial charge is 0.496 e. The lowest BCUT2D eigenvalue weighted by molar-refractivity contribution is 0.415. The normalized spacial score (nSPS) is 16.3. The Kier molecular flexibility index (Phi) is 3.92. The third-order valence-electron chi connectivity index (χ3n) is 4.79. The number of aromatic nitrogens is 1. The van der Waals surface area contributed by atoms with Gasteiger partial charge in [0.15, 0.2) is 0 Å². The van der Waals surface area contributed by atoms with Gasteiger partial charge in [-0.2, -0.15) is 0 Å². The van der Waals surface area contributed by atoms with E-state index >= 15 is 0 Å². The van der Waals surface area contributed by atoms with Crippen LogP contribution >= 0.6 is 11.6 Å². The minimum absolute atomic E-state index is 0.0878. The number of pyridine rings is 1. The Bertz CT molecular complexity index is 742. The van der Waals surface area contributed by atoms with E-state index in [0.29, 0.717) is 5.15 Å². The van der Waals surface area contributed by atoms with Crippen LogP contribution in [0.5, 0.6) is 5.75 Å². The Balaban J connectivity index is 2.22. The molecule has 0 radical (unpaired) electrons. The van der Waals surface area contributed by atoms with Crippen LogP contribution in [0.15, 0.2) is 30.3 Å². The number of halogens is 1. The van der Waals surface area contributed by atoms with Crippen LogP contribution < -0.4 is 4.74 Å². The van der Waals surface area contributed by atoms with Crippen molar-refractivity contribution < 1.29 is 4.74 Å². The van der Waals surface area contributed by atoms with Gasteiger partial charge < -0.3 is 4.74 Å². The van der Waals surface area contributed by atoms with Crippen LogP contribution in [0.3, 0.4) is 0 Å². The summed E-state index contributed by atoms with van der Waals surface area (Å²) in [5.74, 6) is 0.882. The van der Waals surface area contributed by atoms with Crippen LogP contribution in [0.25, 0.3) is 11.1 Å². The maximum atomic E-state index is 6.17. The predicted molar refractivity (Wildman–Crippen MR) is 96.5 cm³/mol. The lowest BCUT2D eigenvalue weighted by atomic mass is 9.84. The van der Waals surface area contributed by atoms with Gasteiger partial charge in [-0.1, -0.05) is 45.4 Å². The summed E-state index contributed by atoms with van der Waals surface area (Å²) in [6.45, 7) is 8.93. The van der Waals surface area contributed by atoms with Crippen LogP contribution in [0.4, 0.5) is 0 Å². The van der Waals surface area contributed by atoms with Gasteiger partial charge in [-0.25, -0.2) is 4.98 Å². The molecular formula is C20H24ClNO. The molecule has 122 valence electrons. The summed E-state index contributed by atoms with van der Waals surface area (Å²) in [4.78, 5) is 4.66. The molecule has 1 saturated carbocycles. The topological polar surface area (TPSA) is 22.1 Å². The first-order chi connectivity index (χ1) is 10.7. The molecule has 1 aromatic carbocycles. The molecule has 0 saturated heterocycles. The Morgan fingerprint density at radius 3 is 2.35 bits per heavy atom. The van der Waals surface area contributed by atoms with Gasteiger partial charge in [0.25, 0.3) is 0 Å². The van der Waals surface area contributed by atoms with Gasteiger partial charge in [-0.3, -0.25) is 0 Å². The van der Waals surface area contributed by atoms with Gasteiger partial charge in [0, 0.05) is 16.5 Å². The molecule has 1 fully saturated rings. The van der Waals surface area contributed by atoms with E-state index in [9.17, 15) is 0 Å². The van der Waals surface area contributed by atoms with E-state index in [1.165, 1.54) is 5.56 Å². The monoisotopic (exact) mass is 329 g/mol. The average molecular weight is 330 g/mol. The van der Waals surface area contributed by atoms with E-state index in [2.05, 4.69) is 56.9 Å². The zero-order chi connectivity index (χ0) is 16.8. The summed E-state index contributed by atoms with van der Waals surface area (Å²) >= 11 is 6.17. The van der Waals surface area contributed by atoms with Crippen molar-refractivity contribution in [3.63, 3.8) is 0 Å². The number of nitrogens with zero attached hydrogens (tertiary/aromatic N) is 1. The standard InChI is InChI=1S/C20H24ClNO/c1-19(2,3)13-6-8-16(23-5)15(12-13)14-7-9-17(21)22-18(14)20(4)10-11-20/h6-9,12H,10-11H2,1-5H3. The van der Waals surface area contributed by atoms with E-state index in [4.69, 9.17) is 16.3 Å². The molecule has 0 amide bonds. The van der Waals surface area contributed by atoms with Gasteiger partial charge in [-0.15, -0.1) is 0 Å². The summed E-state index contributed by atoms with van der Waals surface area (Å²) in [7, 11) is 1.72. The molecular weight excluding hydrogens is 306 g/mol. The van der Waals surface area contributed by atoms with Crippen LogP contribution in [-0.4, -0.2) is 12.1 Å². The minimum Gasteiger partial charge on any atom is -0.496 e. The van der Waals surface area contributed by atoms with E-state index in [0.717, 1.165) is 35.4 Å². The second-order valence-electron chi connectivity index (χ2n) is 7.76. The maximum absolute atomic E-state index is 6.17. The third-order valence-corrected chi connectivity index (χ3v) is 5.00. The number of ether oxygens (including phenoxy) is 1. The molecule has 0 unspecified atom stereocenters. The Morgan fingerprint density at radius 1 is 1.09 bits per heavy atom. The molecule has 0 N–H and O–H groups in total. The highest BCUT2D eigenvalue weighted by Crippen LogP contribution is 2.51. The van der Waals surface area contributed by atoms with Crippen LogP contribution in [0, 0.1) is 0 Å². The highest BCUT2D eigenvalue weighted by molar-refractivity contribution is 6.29. The third kappa shape index (κ3) is 3.10. The number of hydrogen-bond acceptors (Lipinski definition) is 2. The van der Waals surface area contributed by atoms with E-state index in [1.54, 1.807) is 7.11 Å². The molecule has 1 aromatic heterocycles. The summed E-state index contributed by atoms with van der Waals surface area (Å²) in [6.07, 6.45) is 2.32. The minimum atomic E-state index is 0.0878. The van der Waals surface area contributed by atoms with Gasteiger partial charge in [-0.05, 0) is 48.1 Å². The smallest absolute Gasteiger partial charge is 0.129 e. The summed E-state index contributed by atoms with van der Waals surface area (Å²) < 4.78 is 5.62.